The number of nitrogens with zero attached hydrogens (tertiary/aromatic N) is 2. The molecule has 5 N–H and O–H groups in total. The van der Waals surface area contributed by atoms with E-state index in [1.54, 1.807) is 43.5 Å². The third-order valence-corrected chi connectivity index (χ3v) is 6.09. The lowest BCUT2D eigenvalue weighted by Crippen LogP contribution is -2.42. The highest BCUT2D eigenvalue weighted by Crippen LogP contribution is 2.35. The fourth-order valence-corrected chi connectivity index (χ4v) is 3.81. The minimum atomic E-state index is -0.607. The Morgan fingerprint density at radius 3 is 2.69 bits per heavy atom. The molecule has 170 valence electrons. The van der Waals surface area contributed by atoms with E-state index < -0.39 is 11.5 Å². The number of benzene rings is 1. The summed E-state index contributed by atoms with van der Waals surface area (Å²) in [6.45, 7) is 3.57. The van der Waals surface area contributed by atoms with Gasteiger partial charge in [0.1, 0.15) is 5.75 Å². The number of nitrogen functional groups attached to an aromatic ring is 1. The van der Waals surface area contributed by atoms with Crippen LogP contribution >= 0.6 is 0 Å². The molecule has 2 saturated carbocycles. The summed E-state index contributed by atoms with van der Waals surface area (Å²) in [5, 5.41) is 23.2. The fraction of sp³-hybridized carbons (Fsp3) is 0.458. The molecule has 32 heavy (non-hydrogen) atoms. The monoisotopic (exact) mass is 439 g/mol. The predicted octanol–water partition coefficient (Wildman–Crippen LogP) is 3.01. The van der Waals surface area contributed by atoms with Gasteiger partial charge in [-0.15, -0.1) is 0 Å². The van der Waals surface area contributed by atoms with E-state index in [2.05, 4.69) is 10.3 Å². The van der Waals surface area contributed by atoms with Gasteiger partial charge in [-0.05, 0) is 57.6 Å². The van der Waals surface area contributed by atoms with Gasteiger partial charge < -0.3 is 20.9 Å². The molecule has 0 radical (unpaired) electrons. The first kappa shape index (κ1) is 22.1. The SMILES string of the molecule is Cc1cccc(C(=O)Nc2cc(C=NC3CCC(C)(O)CC3)c(N)cc2OC2CC2)[n+]1O. The number of aryl methyl sites for hydroxylation is 1. The molecule has 1 aromatic heterocycles. The van der Waals surface area contributed by atoms with E-state index in [-0.39, 0.29) is 17.8 Å². The van der Waals surface area contributed by atoms with Crippen LogP contribution in [0.4, 0.5) is 11.4 Å². The third kappa shape index (κ3) is 5.19. The summed E-state index contributed by atoms with van der Waals surface area (Å²) in [6, 6.07) is 8.56. The molecule has 2 aromatic rings. The average Bonchev–Trinajstić information content (AvgIpc) is 3.56. The number of carbonyl (C=O) groups excluding carboxylic acids is 1. The number of amides is 1. The number of ether oxygens (including phenoxy) is 1. The van der Waals surface area contributed by atoms with Gasteiger partial charge in [0.25, 0.3) is 0 Å². The van der Waals surface area contributed by atoms with Crippen molar-refractivity contribution in [1.29, 1.82) is 0 Å². The minimum Gasteiger partial charge on any atom is -0.488 e. The van der Waals surface area contributed by atoms with Gasteiger partial charge in [0.15, 0.2) is 0 Å². The number of aromatic nitrogens is 1. The Balaban J connectivity index is 1.57. The topological polar surface area (TPSA) is 121 Å². The molecule has 0 spiro atoms. The second-order valence-electron chi connectivity index (χ2n) is 9.12. The van der Waals surface area contributed by atoms with E-state index in [1.165, 1.54) is 0 Å². The quantitative estimate of drug-likeness (QED) is 0.239. The lowest BCUT2D eigenvalue weighted by Gasteiger charge is -2.31. The first-order valence-electron chi connectivity index (χ1n) is 11.1. The van der Waals surface area contributed by atoms with Gasteiger partial charge in [0.05, 0.1) is 23.4 Å². The molecule has 0 atom stereocenters. The van der Waals surface area contributed by atoms with E-state index >= 15 is 0 Å². The number of hydrogen-bond acceptors (Lipinski definition) is 6. The predicted molar refractivity (Wildman–Crippen MR) is 121 cm³/mol. The molecule has 2 aliphatic carbocycles. The third-order valence-electron chi connectivity index (χ3n) is 6.09. The number of rotatable bonds is 6. The lowest BCUT2D eigenvalue weighted by atomic mass is 9.84. The number of nitrogens with two attached hydrogens (primary N) is 1. The van der Waals surface area contributed by atoms with Crippen molar-refractivity contribution >= 4 is 23.5 Å². The molecule has 1 heterocycles. The van der Waals surface area contributed by atoms with Crippen LogP contribution in [-0.2, 0) is 0 Å². The molecule has 2 fully saturated rings. The standard InChI is InChI=1S/C24H30N4O4/c1-15-4-3-5-21(28(15)31)23(29)27-20-12-16(19(25)13-22(20)32-18-6-7-18)14-26-17-8-10-24(2,30)11-9-17/h3-5,12-14,17-18,25,29-31H,6-11H2,1-2H3/p+1. The van der Waals surface area contributed by atoms with Crippen LogP contribution in [0, 0.1) is 6.92 Å². The van der Waals surface area contributed by atoms with Crippen LogP contribution < -0.4 is 20.5 Å². The van der Waals surface area contributed by atoms with Gasteiger partial charge in [-0.1, -0.05) is 0 Å². The normalized spacial score (nSPS) is 23.3. The Labute approximate surface area is 187 Å². The van der Waals surface area contributed by atoms with Crippen LogP contribution in [0.1, 0.15) is 67.2 Å². The first-order chi connectivity index (χ1) is 15.2. The van der Waals surface area contributed by atoms with Crippen molar-refractivity contribution in [1.82, 2.24) is 0 Å². The number of pyridine rings is 1. The molecule has 1 amide bonds. The number of carbonyl (C=O) groups is 1. The Morgan fingerprint density at radius 2 is 2.00 bits per heavy atom. The van der Waals surface area contributed by atoms with Gasteiger partial charge in [-0.25, -0.2) is 0 Å². The van der Waals surface area contributed by atoms with Gasteiger partial charge in [-0.2, -0.15) is 0 Å². The highest BCUT2D eigenvalue weighted by atomic mass is 16.5. The van der Waals surface area contributed by atoms with Crippen LogP contribution in [-0.4, -0.2) is 40.2 Å². The van der Waals surface area contributed by atoms with Crippen LogP contribution in [0.3, 0.4) is 0 Å². The molecule has 8 heteroatoms. The molecular weight excluding hydrogens is 408 g/mol. The van der Waals surface area contributed by atoms with Gasteiger partial charge >= 0.3 is 11.6 Å². The number of anilines is 2. The molecule has 0 bridgehead atoms. The maximum absolute atomic E-state index is 12.9. The number of nitrogens with one attached hydrogen (secondary N) is 1. The zero-order chi connectivity index (χ0) is 22.9. The van der Waals surface area contributed by atoms with Gasteiger partial charge in [0, 0.05) is 47.3 Å². The Bertz CT molecular complexity index is 1040. The van der Waals surface area contributed by atoms with Crippen LogP contribution in [0.25, 0.3) is 0 Å². The fourth-order valence-electron chi connectivity index (χ4n) is 3.81. The van der Waals surface area contributed by atoms with Crippen molar-refractivity contribution in [2.45, 2.75) is 70.1 Å². The highest BCUT2D eigenvalue weighted by molar-refractivity contribution is 6.04. The van der Waals surface area contributed by atoms with E-state index in [0.29, 0.717) is 28.4 Å². The lowest BCUT2D eigenvalue weighted by molar-refractivity contribution is -0.909. The van der Waals surface area contributed by atoms with Crippen LogP contribution in [0.2, 0.25) is 0 Å². The van der Waals surface area contributed by atoms with Crippen molar-refractivity contribution in [2.24, 2.45) is 4.99 Å². The average molecular weight is 440 g/mol. The van der Waals surface area contributed by atoms with Crippen molar-refractivity contribution in [3.63, 3.8) is 0 Å². The summed E-state index contributed by atoms with van der Waals surface area (Å²) in [5.74, 6) is 0.0420. The summed E-state index contributed by atoms with van der Waals surface area (Å²) in [6.07, 6.45) is 6.87. The number of aliphatic imine (C=N–C) groups is 1. The van der Waals surface area contributed by atoms with Crippen molar-refractivity contribution < 1.29 is 24.6 Å². The number of aliphatic hydroxyl groups is 1. The second-order valence-corrected chi connectivity index (χ2v) is 9.12. The molecule has 0 saturated heterocycles. The maximum Gasteiger partial charge on any atom is 0.325 e. The van der Waals surface area contributed by atoms with Crippen molar-refractivity contribution in [2.75, 3.05) is 11.1 Å². The summed E-state index contributed by atoms with van der Waals surface area (Å²) in [5.41, 5.74) is 7.99. The van der Waals surface area contributed by atoms with E-state index in [4.69, 9.17) is 10.5 Å². The van der Waals surface area contributed by atoms with Crippen molar-refractivity contribution in [3.05, 3.63) is 47.3 Å². The van der Waals surface area contributed by atoms with Gasteiger partial charge in [-0.3, -0.25) is 15.0 Å². The second kappa shape index (κ2) is 8.78. The molecule has 0 aliphatic heterocycles. The molecule has 1 aromatic carbocycles. The smallest absolute Gasteiger partial charge is 0.325 e. The molecule has 2 aliphatic rings. The summed E-state index contributed by atoms with van der Waals surface area (Å²) < 4.78 is 6.82. The largest absolute Gasteiger partial charge is 0.488 e. The van der Waals surface area contributed by atoms with E-state index in [0.717, 1.165) is 43.3 Å². The zero-order valence-electron chi connectivity index (χ0n) is 18.5. The Morgan fingerprint density at radius 1 is 1.28 bits per heavy atom. The van der Waals surface area contributed by atoms with E-state index in [9.17, 15) is 15.1 Å². The molecular formula is C24H31N4O4+. The summed E-state index contributed by atoms with van der Waals surface area (Å²) >= 11 is 0. The van der Waals surface area contributed by atoms with Gasteiger partial charge in [0.2, 0.25) is 5.69 Å². The zero-order valence-corrected chi connectivity index (χ0v) is 18.5. The summed E-state index contributed by atoms with van der Waals surface area (Å²) in [4.78, 5) is 17.5. The molecule has 0 unspecified atom stereocenters. The van der Waals surface area contributed by atoms with Crippen molar-refractivity contribution in [3.8, 4) is 5.75 Å². The maximum atomic E-state index is 12.9. The summed E-state index contributed by atoms with van der Waals surface area (Å²) in [7, 11) is 0. The van der Waals surface area contributed by atoms with E-state index in [1.807, 2.05) is 6.92 Å². The molecule has 4 rings (SSSR count). The first-order valence-corrected chi connectivity index (χ1v) is 11.1. The highest BCUT2D eigenvalue weighted by Gasteiger charge is 2.29. The Hall–Kier alpha value is -3.13. The Kier molecular flexibility index (Phi) is 6.06. The van der Waals surface area contributed by atoms with Crippen LogP contribution in [0.5, 0.6) is 5.75 Å². The minimum absolute atomic E-state index is 0.115. The number of hydrogen-bond donors (Lipinski definition) is 4. The molecule has 8 nitrogen and oxygen atoms in total. The van der Waals surface area contributed by atoms with Crippen LogP contribution in [0.15, 0.2) is 35.3 Å².